The number of aromatic amines is 1. The molecule has 0 aliphatic heterocycles. The third-order valence-corrected chi connectivity index (χ3v) is 3.62. The molecular weight excluding hydrogens is 242 g/mol. The van der Waals surface area contributed by atoms with Crippen LogP contribution in [0.1, 0.15) is 10.4 Å². The van der Waals surface area contributed by atoms with E-state index in [2.05, 4.69) is 9.72 Å². The molecule has 0 aliphatic carbocycles. The van der Waals surface area contributed by atoms with Crippen molar-refractivity contribution in [3.8, 4) is 0 Å². The number of fused-ring (bicyclic) bond motifs is 1. The number of rotatable bonds is 2. The second-order valence-corrected chi connectivity index (χ2v) is 5.60. The fourth-order valence-electron chi connectivity index (χ4n) is 1.76. The summed E-state index contributed by atoms with van der Waals surface area (Å²) in [5, 5.41) is 0.734. The number of esters is 1. The second-order valence-electron chi connectivity index (χ2n) is 3.65. The van der Waals surface area contributed by atoms with Crippen LogP contribution in [0.25, 0.3) is 10.9 Å². The molecule has 2 rings (SSSR count). The van der Waals surface area contributed by atoms with Crippen molar-refractivity contribution in [2.24, 2.45) is 0 Å². The highest BCUT2D eigenvalue weighted by Gasteiger charge is 2.22. The van der Waals surface area contributed by atoms with Crippen molar-refractivity contribution in [2.75, 3.05) is 13.4 Å². The average Bonchev–Trinajstić information content (AvgIpc) is 2.72. The van der Waals surface area contributed by atoms with E-state index in [0.29, 0.717) is 5.52 Å². The second kappa shape index (κ2) is 3.89. The van der Waals surface area contributed by atoms with Crippen molar-refractivity contribution in [1.29, 1.82) is 0 Å². The minimum Gasteiger partial charge on any atom is -0.465 e. The third-order valence-electron chi connectivity index (χ3n) is 2.46. The molecule has 90 valence electrons. The monoisotopic (exact) mass is 253 g/mol. The zero-order valence-electron chi connectivity index (χ0n) is 9.35. The summed E-state index contributed by atoms with van der Waals surface area (Å²) in [7, 11) is -2.30. The molecule has 0 atom stereocenters. The van der Waals surface area contributed by atoms with Crippen LogP contribution < -0.4 is 0 Å². The van der Waals surface area contributed by atoms with Crippen LogP contribution in [-0.4, -0.2) is 32.7 Å². The Morgan fingerprint density at radius 3 is 2.59 bits per heavy atom. The molecule has 0 radical (unpaired) electrons. The molecule has 6 heteroatoms. The Kier molecular flexibility index (Phi) is 2.66. The zero-order chi connectivity index (χ0) is 12.6. The Bertz CT molecular complexity index is 685. The maximum Gasteiger partial charge on any atom is 0.339 e. The molecule has 0 saturated carbocycles. The number of hydrogen-bond acceptors (Lipinski definition) is 4. The van der Waals surface area contributed by atoms with E-state index in [0.717, 1.165) is 11.6 Å². The van der Waals surface area contributed by atoms with E-state index in [1.54, 1.807) is 18.3 Å². The van der Waals surface area contributed by atoms with Crippen LogP contribution >= 0.6 is 0 Å². The number of benzene rings is 1. The number of ether oxygens (including phenoxy) is 1. The first-order valence-electron chi connectivity index (χ1n) is 4.83. The van der Waals surface area contributed by atoms with E-state index in [-0.39, 0.29) is 10.5 Å². The lowest BCUT2D eigenvalue weighted by Gasteiger charge is -2.07. The van der Waals surface area contributed by atoms with Gasteiger partial charge in [-0.2, -0.15) is 0 Å². The molecule has 1 N–H and O–H groups in total. The molecule has 2 aromatic rings. The number of sulfone groups is 1. The lowest BCUT2D eigenvalue weighted by atomic mass is 10.1. The summed E-state index contributed by atoms with van der Waals surface area (Å²) in [6, 6.07) is 4.87. The average molecular weight is 253 g/mol. The minimum atomic E-state index is -3.52. The van der Waals surface area contributed by atoms with Gasteiger partial charge in [0.2, 0.25) is 0 Å². The largest absolute Gasteiger partial charge is 0.465 e. The molecule has 0 bridgehead atoms. The van der Waals surface area contributed by atoms with Gasteiger partial charge in [0.15, 0.2) is 9.84 Å². The van der Waals surface area contributed by atoms with Crippen molar-refractivity contribution in [3.05, 3.63) is 30.0 Å². The number of hydrogen-bond donors (Lipinski definition) is 1. The van der Waals surface area contributed by atoms with E-state index < -0.39 is 15.8 Å². The smallest absolute Gasteiger partial charge is 0.339 e. The van der Waals surface area contributed by atoms with Gasteiger partial charge in [-0.1, -0.05) is 6.07 Å². The molecule has 0 saturated heterocycles. The van der Waals surface area contributed by atoms with Gasteiger partial charge in [-0.15, -0.1) is 0 Å². The molecule has 0 amide bonds. The van der Waals surface area contributed by atoms with Gasteiger partial charge in [0.1, 0.15) is 4.90 Å². The molecule has 5 nitrogen and oxygen atoms in total. The normalized spacial score (nSPS) is 11.6. The van der Waals surface area contributed by atoms with Crippen LogP contribution in [0.3, 0.4) is 0 Å². The number of carbonyl (C=O) groups is 1. The highest BCUT2D eigenvalue weighted by molar-refractivity contribution is 7.91. The van der Waals surface area contributed by atoms with Crippen LogP contribution in [0.4, 0.5) is 0 Å². The van der Waals surface area contributed by atoms with Crippen LogP contribution in [0.5, 0.6) is 0 Å². The van der Waals surface area contributed by atoms with Crippen LogP contribution in [0.2, 0.25) is 0 Å². The molecule has 1 heterocycles. The number of aromatic nitrogens is 1. The Labute approximate surface area is 98.3 Å². The standard InChI is InChI=1S/C11H11NO4S/c1-16-11(13)8-4-3-7-5-6-12-9(7)10(8)17(2,14)15/h3-6,12H,1-2H3. The van der Waals surface area contributed by atoms with Gasteiger partial charge in [-0.3, -0.25) is 0 Å². The van der Waals surface area contributed by atoms with Crippen molar-refractivity contribution < 1.29 is 17.9 Å². The molecule has 0 spiro atoms. The van der Waals surface area contributed by atoms with Crippen LogP contribution in [-0.2, 0) is 14.6 Å². The number of H-pyrrole nitrogens is 1. The fourth-order valence-corrected chi connectivity index (χ4v) is 2.85. The summed E-state index contributed by atoms with van der Waals surface area (Å²) in [4.78, 5) is 14.4. The third kappa shape index (κ3) is 1.91. The van der Waals surface area contributed by atoms with E-state index in [4.69, 9.17) is 0 Å². The molecule has 1 aromatic heterocycles. The van der Waals surface area contributed by atoms with Gasteiger partial charge in [0.25, 0.3) is 0 Å². The lowest BCUT2D eigenvalue weighted by molar-refractivity contribution is 0.0596. The summed E-state index contributed by atoms with van der Waals surface area (Å²) in [6.07, 6.45) is 2.69. The number of carbonyl (C=O) groups excluding carboxylic acids is 1. The first kappa shape index (κ1) is 11.7. The zero-order valence-corrected chi connectivity index (χ0v) is 10.2. The SMILES string of the molecule is COC(=O)c1ccc2cc[nH]c2c1S(C)(=O)=O. The fraction of sp³-hybridized carbons (Fsp3) is 0.182. The van der Waals surface area contributed by atoms with Crippen molar-refractivity contribution in [1.82, 2.24) is 4.98 Å². The Hall–Kier alpha value is -1.82. The highest BCUT2D eigenvalue weighted by Crippen LogP contribution is 2.26. The Morgan fingerprint density at radius 1 is 1.29 bits per heavy atom. The predicted molar refractivity (Wildman–Crippen MR) is 62.7 cm³/mol. The summed E-state index contributed by atoms with van der Waals surface area (Å²) < 4.78 is 28.1. The maximum atomic E-state index is 11.8. The quantitative estimate of drug-likeness (QED) is 0.820. The Morgan fingerprint density at radius 2 is 2.00 bits per heavy atom. The number of methoxy groups -OCH3 is 1. The molecular formula is C11H11NO4S. The topological polar surface area (TPSA) is 76.2 Å². The van der Waals surface area contributed by atoms with E-state index in [1.807, 2.05) is 0 Å². The molecule has 1 aromatic carbocycles. The lowest BCUT2D eigenvalue weighted by Crippen LogP contribution is -2.10. The molecule has 0 aliphatic rings. The van der Waals surface area contributed by atoms with Crippen molar-refractivity contribution >= 4 is 26.7 Å². The van der Waals surface area contributed by atoms with E-state index in [1.165, 1.54) is 13.2 Å². The van der Waals surface area contributed by atoms with Gasteiger partial charge in [-0.05, 0) is 12.1 Å². The molecule has 0 unspecified atom stereocenters. The first-order chi connectivity index (χ1) is 7.95. The highest BCUT2D eigenvalue weighted by atomic mass is 32.2. The van der Waals surface area contributed by atoms with Gasteiger partial charge in [0, 0.05) is 17.8 Å². The van der Waals surface area contributed by atoms with Crippen molar-refractivity contribution in [2.45, 2.75) is 4.90 Å². The minimum absolute atomic E-state index is 0.0214. The first-order valence-corrected chi connectivity index (χ1v) is 6.72. The van der Waals surface area contributed by atoms with Gasteiger partial charge in [-0.25, -0.2) is 13.2 Å². The van der Waals surface area contributed by atoms with Gasteiger partial charge in [0.05, 0.1) is 18.2 Å². The summed E-state index contributed by atoms with van der Waals surface area (Å²) in [5.74, 6) is -0.665. The Balaban J connectivity index is 2.89. The van der Waals surface area contributed by atoms with E-state index in [9.17, 15) is 13.2 Å². The van der Waals surface area contributed by atoms with Gasteiger partial charge >= 0.3 is 5.97 Å². The summed E-state index contributed by atoms with van der Waals surface area (Å²) in [5.41, 5.74) is 0.473. The van der Waals surface area contributed by atoms with Crippen LogP contribution in [0, 0.1) is 0 Å². The molecule has 17 heavy (non-hydrogen) atoms. The molecule has 0 fully saturated rings. The van der Waals surface area contributed by atoms with E-state index >= 15 is 0 Å². The number of nitrogens with one attached hydrogen (secondary N) is 1. The summed E-state index contributed by atoms with van der Waals surface area (Å²) in [6.45, 7) is 0. The predicted octanol–water partition coefficient (Wildman–Crippen LogP) is 1.36. The summed E-state index contributed by atoms with van der Waals surface area (Å²) >= 11 is 0. The van der Waals surface area contributed by atoms with Crippen molar-refractivity contribution in [3.63, 3.8) is 0 Å². The maximum absolute atomic E-state index is 11.8. The van der Waals surface area contributed by atoms with Crippen LogP contribution in [0.15, 0.2) is 29.3 Å². The van der Waals surface area contributed by atoms with Gasteiger partial charge < -0.3 is 9.72 Å².